The van der Waals surface area contributed by atoms with Gasteiger partial charge in [0.05, 0.1) is 43.8 Å². The van der Waals surface area contributed by atoms with E-state index in [1.807, 2.05) is 6.92 Å². The molecule has 0 aromatic rings. The lowest BCUT2D eigenvalue weighted by Crippen LogP contribution is -2.64. The van der Waals surface area contributed by atoms with E-state index in [2.05, 4.69) is 23.1 Å². The van der Waals surface area contributed by atoms with Crippen molar-refractivity contribution in [2.75, 3.05) is 26.9 Å². The highest BCUT2D eigenvalue weighted by molar-refractivity contribution is 5.94. The molecule has 6 atom stereocenters. The van der Waals surface area contributed by atoms with Crippen LogP contribution in [0, 0.1) is 17.8 Å². The predicted molar refractivity (Wildman–Crippen MR) is 113 cm³/mol. The molecular formula is C24H31NO7. The Balaban J connectivity index is 1.62. The van der Waals surface area contributed by atoms with Crippen LogP contribution >= 0.6 is 0 Å². The zero-order chi connectivity index (χ0) is 22.6. The highest BCUT2D eigenvalue weighted by atomic mass is 16.6. The van der Waals surface area contributed by atoms with Crippen LogP contribution in [0.4, 0.5) is 0 Å². The van der Waals surface area contributed by atoms with Crippen LogP contribution in [0.3, 0.4) is 0 Å². The number of hydrogen-bond donors (Lipinski definition) is 3. The van der Waals surface area contributed by atoms with Crippen LogP contribution in [0.5, 0.6) is 0 Å². The molecule has 0 amide bonds. The number of carbonyl (C=O) groups is 1. The number of hydrogen-bond acceptors (Lipinski definition) is 8. The van der Waals surface area contributed by atoms with E-state index in [4.69, 9.17) is 14.2 Å². The fourth-order valence-electron chi connectivity index (χ4n) is 6.39. The van der Waals surface area contributed by atoms with E-state index in [1.54, 1.807) is 0 Å². The van der Waals surface area contributed by atoms with Gasteiger partial charge in [-0.2, -0.15) is 0 Å². The summed E-state index contributed by atoms with van der Waals surface area (Å²) in [5.41, 5.74) is -0.353. The first-order valence-electron chi connectivity index (χ1n) is 11.5. The summed E-state index contributed by atoms with van der Waals surface area (Å²) >= 11 is 0. The first-order chi connectivity index (χ1) is 15.5. The third kappa shape index (κ3) is 2.93. The van der Waals surface area contributed by atoms with Gasteiger partial charge in [0.25, 0.3) is 0 Å². The maximum absolute atomic E-state index is 12.3. The van der Waals surface area contributed by atoms with Gasteiger partial charge in [-0.25, -0.2) is 4.79 Å². The molecule has 5 aliphatic heterocycles. The Bertz CT molecular complexity index is 935. The van der Waals surface area contributed by atoms with Crippen molar-refractivity contribution in [3.05, 3.63) is 46.8 Å². The molecule has 6 rings (SSSR count). The van der Waals surface area contributed by atoms with Gasteiger partial charge in [0, 0.05) is 18.5 Å². The molecule has 8 nitrogen and oxygen atoms in total. The molecule has 0 aromatic carbocycles. The topological polar surface area (TPSA) is 109 Å². The summed E-state index contributed by atoms with van der Waals surface area (Å²) in [6.07, 6.45) is 9.63. The van der Waals surface area contributed by atoms with E-state index < -0.39 is 30.1 Å². The summed E-state index contributed by atoms with van der Waals surface area (Å²) in [5, 5.41) is 30.9. The third-order valence-electron chi connectivity index (χ3n) is 7.81. The second-order valence-electron chi connectivity index (χ2n) is 9.29. The zero-order valence-electron chi connectivity index (χ0n) is 18.5. The van der Waals surface area contributed by atoms with Crippen molar-refractivity contribution in [3.63, 3.8) is 0 Å². The zero-order valence-corrected chi connectivity index (χ0v) is 18.5. The molecule has 0 saturated carbocycles. The lowest BCUT2D eigenvalue weighted by molar-refractivity contribution is -0.134. The van der Waals surface area contributed by atoms with Crippen LogP contribution in [0.15, 0.2) is 46.8 Å². The number of carbonyl (C=O) groups excluding carboxylic acids is 1. The SMILES string of the molecule is CCC(O)C1CCCC23C=CC(C=C4OC(=C5OC(=O)C(CO)=C5OC)C(CO)C42)CN13. The van der Waals surface area contributed by atoms with E-state index in [0.717, 1.165) is 31.6 Å². The van der Waals surface area contributed by atoms with Crippen LogP contribution in [-0.4, -0.2) is 70.7 Å². The Morgan fingerprint density at radius 1 is 1.34 bits per heavy atom. The molecule has 1 spiro atoms. The molecule has 2 saturated heterocycles. The predicted octanol–water partition coefficient (Wildman–Crippen LogP) is 1.35. The minimum Gasteiger partial charge on any atom is -0.492 e. The van der Waals surface area contributed by atoms with E-state index in [9.17, 15) is 20.1 Å². The van der Waals surface area contributed by atoms with Crippen LogP contribution in [-0.2, 0) is 19.0 Å². The van der Waals surface area contributed by atoms with E-state index in [1.165, 1.54) is 7.11 Å². The fourth-order valence-corrected chi connectivity index (χ4v) is 6.39. The summed E-state index contributed by atoms with van der Waals surface area (Å²) < 4.78 is 17.2. The molecule has 174 valence electrons. The number of aliphatic hydroxyl groups is 3. The minimum absolute atomic E-state index is 0.0429. The van der Waals surface area contributed by atoms with Crippen molar-refractivity contribution in [3.8, 4) is 0 Å². The average molecular weight is 446 g/mol. The number of cyclic esters (lactones) is 1. The quantitative estimate of drug-likeness (QED) is 0.430. The van der Waals surface area contributed by atoms with Gasteiger partial charge in [0.2, 0.25) is 5.76 Å². The number of nitrogens with zero attached hydrogens (tertiary/aromatic N) is 1. The molecule has 6 aliphatic rings. The smallest absolute Gasteiger partial charge is 0.345 e. The molecule has 0 aromatic heterocycles. The van der Waals surface area contributed by atoms with Crippen LogP contribution < -0.4 is 0 Å². The lowest BCUT2D eigenvalue weighted by Gasteiger charge is -2.55. The van der Waals surface area contributed by atoms with Gasteiger partial charge < -0.3 is 29.5 Å². The number of esters is 1. The van der Waals surface area contributed by atoms with Gasteiger partial charge in [0.1, 0.15) is 11.3 Å². The van der Waals surface area contributed by atoms with Crippen LogP contribution in [0.25, 0.3) is 0 Å². The van der Waals surface area contributed by atoms with Crippen molar-refractivity contribution in [2.45, 2.75) is 50.3 Å². The van der Waals surface area contributed by atoms with Crippen molar-refractivity contribution in [2.24, 2.45) is 17.8 Å². The van der Waals surface area contributed by atoms with Gasteiger partial charge in [0.15, 0.2) is 11.5 Å². The van der Waals surface area contributed by atoms with E-state index in [-0.39, 0.29) is 41.6 Å². The Morgan fingerprint density at radius 2 is 2.16 bits per heavy atom. The van der Waals surface area contributed by atoms with E-state index >= 15 is 0 Å². The number of aliphatic hydroxyl groups excluding tert-OH is 3. The van der Waals surface area contributed by atoms with Gasteiger partial charge in [-0.05, 0) is 31.8 Å². The second kappa shape index (κ2) is 8.02. The fraction of sp³-hybridized carbons (Fsp3) is 0.625. The maximum atomic E-state index is 12.3. The summed E-state index contributed by atoms with van der Waals surface area (Å²) in [7, 11) is 1.41. The minimum atomic E-state index is -0.668. The van der Waals surface area contributed by atoms with Gasteiger partial charge >= 0.3 is 5.97 Å². The normalized spacial score (nSPS) is 39.3. The first-order valence-corrected chi connectivity index (χ1v) is 11.5. The standard InChI is InChI=1S/C24H31NO7/c1-3-17(28)16-5-4-7-24-8-6-13(10-25(16)24)9-18-19(24)14(11-26)21(31-18)22-20(30-2)15(12-27)23(29)32-22/h6,8-9,13-14,16-17,19,26-28H,3-5,7,10-12H2,1-2H3. The molecule has 5 heterocycles. The molecule has 2 fully saturated rings. The number of methoxy groups -OCH3 is 1. The van der Waals surface area contributed by atoms with Crippen LogP contribution in [0.1, 0.15) is 32.6 Å². The summed E-state index contributed by atoms with van der Waals surface area (Å²) in [5.74, 6) is 0.255. The molecule has 8 heteroatoms. The Kier molecular flexibility index (Phi) is 5.44. The highest BCUT2D eigenvalue weighted by Crippen LogP contribution is 2.56. The molecular weight excluding hydrogens is 414 g/mol. The summed E-state index contributed by atoms with van der Waals surface area (Å²) in [4.78, 5) is 14.7. The molecule has 2 bridgehead atoms. The first kappa shape index (κ1) is 21.7. The molecule has 0 radical (unpaired) electrons. The Morgan fingerprint density at radius 3 is 2.84 bits per heavy atom. The van der Waals surface area contributed by atoms with Gasteiger partial charge in [-0.3, -0.25) is 4.90 Å². The van der Waals surface area contributed by atoms with Gasteiger partial charge in [-0.15, -0.1) is 0 Å². The van der Waals surface area contributed by atoms with Crippen molar-refractivity contribution < 1.29 is 34.3 Å². The maximum Gasteiger partial charge on any atom is 0.345 e. The lowest BCUT2D eigenvalue weighted by atomic mass is 9.67. The molecule has 1 aliphatic carbocycles. The van der Waals surface area contributed by atoms with Gasteiger partial charge in [-0.1, -0.05) is 19.1 Å². The summed E-state index contributed by atoms with van der Waals surface area (Å²) in [6, 6.07) is 0.0460. The second-order valence-corrected chi connectivity index (χ2v) is 9.29. The monoisotopic (exact) mass is 445 g/mol. The largest absolute Gasteiger partial charge is 0.492 e. The van der Waals surface area contributed by atoms with Crippen molar-refractivity contribution in [1.82, 2.24) is 4.90 Å². The molecule has 32 heavy (non-hydrogen) atoms. The summed E-state index contributed by atoms with van der Waals surface area (Å²) in [6.45, 7) is 2.11. The molecule has 6 unspecified atom stereocenters. The number of rotatable bonds is 5. The van der Waals surface area contributed by atoms with Crippen molar-refractivity contribution in [1.29, 1.82) is 0 Å². The van der Waals surface area contributed by atoms with Crippen LogP contribution in [0.2, 0.25) is 0 Å². The Hall–Kier alpha value is -2.13. The molecule has 3 N–H and O–H groups in total. The number of piperidine rings is 1. The highest BCUT2D eigenvalue weighted by Gasteiger charge is 2.60. The average Bonchev–Trinajstić information content (AvgIpc) is 3.25. The third-order valence-corrected chi connectivity index (χ3v) is 7.81. The van der Waals surface area contributed by atoms with E-state index in [0.29, 0.717) is 12.2 Å². The number of ether oxygens (including phenoxy) is 3. The Labute approximate surface area is 187 Å². The van der Waals surface area contributed by atoms with Crippen molar-refractivity contribution >= 4 is 5.97 Å².